The van der Waals surface area contributed by atoms with Crippen LogP contribution >= 0.6 is 11.6 Å². The molecule has 21 heavy (non-hydrogen) atoms. The summed E-state index contributed by atoms with van der Waals surface area (Å²) in [4.78, 5) is 14.1. The van der Waals surface area contributed by atoms with Gasteiger partial charge >= 0.3 is 0 Å². The molecule has 5 nitrogen and oxygen atoms in total. The van der Waals surface area contributed by atoms with Crippen LogP contribution in [0.5, 0.6) is 0 Å². The Balaban J connectivity index is 1.78. The van der Waals surface area contributed by atoms with Crippen molar-refractivity contribution in [1.29, 1.82) is 0 Å². The van der Waals surface area contributed by atoms with E-state index in [1.165, 1.54) is 0 Å². The van der Waals surface area contributed by atoms with Crippen molar-refractivity contribution in [2.45, 2.75) is 25.6 Å². The zero-order chi connectivity index (χ0) is 15.2. The standard InChI is InChI=1S/C15H21ClN2O3/c1-11-8-18(9-14(10-19)21-11)6-5-15(20)17-13-4-2-3-12(16)7-13/h2-4,7,11,14,19H,5-6,8-10H2,1H3,(H,17,20). The number of benzene rings is 1. The molecule has 0 aliphatic carbocycles. The first-order valence-electron chi connectivity index (χ1n) is 7.11. The third-order valence-electron chi connectivity index (χ3n) is 3.37. The number of nitrogens with one attached hydrogen (secondary N) is 1. The van der Waals surface area contributed by atoms with Crippen LogP contribution < -0.4 is 5.32 Å². The average molecular weight is 313 g/mol. The summed E-state index contributed by atoms with van der Waals surface area (Å²) in [5.74, 6) is -0.0445. The van der Waals surface area contributed by atoms with E-state index in [9.17, 15) is 9.90 Å². The number of amides is 1. The average Bonchev–Trinajstić information content (AvgIpc) is 2.44. The SMILES string of the molecule is CC1CN(CCC(=O)Nc2cccc(Cl)c2)CC(CO)O1. The fourth-order valence-corrected chi connectivity index (χ4v) is 2.66. The second-order valence-electron chi connectivity index (χ2n) is 5.32. The van der Waals surface area contributed by atoms with Crippen LogP contribution in [-0.4, -0.2) is 54.4 Å². The van der Waals surface area contributed by atoms with E-state index in [-0.39, 0.29) is 24.7 Å². The molecular formula is C15H21ClN2O3. The van der Waals surface area contributed by atoms with Gasteiger partial charge in [0.25, 0.3) is 0 Å². The van der Waals surface area contributed by atoms with Crippen molar-refractivity contribution in [1.82, 2.24) is 4.90 Å². The molecule has 2 unspecified atom stereocenters. The molecule has 2 N–H and O–H groups in total. The molecule has 1 amide bonds. The molecular weight excluding hydrogens is 292 g/mol. The number of ether oxygens (including phenoxy) is 1. The number of hydrogen-bond acceptors (Lipinski definition) is 4. The summed E-state index contributed by atoms with van der Waals surface area (Å²) in [5, 5.41) is 12.6. The Morgan fingerprint density at radius 1 is 1.52 bits per heavy atom. The van der Waals surface area contributed by atoms with Crippen molar-refractivity contribution >= 4 is 23.2 Å². The summed E-state index contributed by atoms with van der Waals surface area (Å²) < 4.78 is 5.57. The predicted molar refractivity (Wildman–Crippen MR) is 82.6 cm³/mol. The second kappa shape index (κ2) is 7.75. The summed E-state index contributed by atoms with van der Waals surface area (Å²) in [6, 6.07) is 7.09. The van der Waals surface area contributed by atoms with Gasteiger partial charge < -0.3 is 15.2 Å². The molecule has 1 saturated heterocycles. The van der Waals surface area contributed by atoms with E-state index in [1.807, 2.05) is 13.0 Å². The summed E-state index contributed by atoms with van der Waals surface area (Å²) in [5.41, 5.74) is 0.705. The fraction of sp³-hybridized carbons (Fsp3) is 0.533. The van der Waals surface area contributed by atoms with Crippen molar-refractivity contribution in [3.8, 4) is 0 Å². The molecule has 6 heteroatoms. The predicted octanol–water partition coefficient (Wildman–Crippen LogP) is 1.75. The van der Waals surface area contributed by atoms with Crippen LogP contribution in [0.1, 0.15) is 13.3 Å². The number of carbonyl (C=O) groups is 1. The number of aliphatic hydroxyl groups excluding tert-OH is 1. The van der Waals surface area contributed by atoms with Crippen LogP contribution in [0.15, 0.2) is 24.3 Å². The van der Waals surface area contributed by atoms with Gasteiger partial charge in [0, 0.05) is 36.8 Å². The maximum atomic E-state index is 11.9. The number of hydrogen-bond donors (Lipinski definition) is 2. The van der Waals surface area contributed by atoms with Gasteiger partial charge in [-0.2, -0.15) is 0 Å². The fourth-order valence-electron chi connectivity index (χ4n) is 2.47. The summed E-state index contributed by atoms with van der Waals surface area (Å²) >= 11 is 5.88. The molecule has 1 aromatic carbocycles. The van der Waals surface area contributed by atoms with Crippen LogP contribution in [-0.2, 0) is 9.53 Å². The molecule has 0 radical (unpaired) electrons. The lowest BCUT2D eigenvalue weighted by atomic mass is 10.2. The highest BCUT2D eigenvalue weighted by atomic mass is 35.5. The van der Waals surface area contributed by atoms with Gasteiger partial charge in [-0.3, -0.25) is 9.69 Å². The van der Waals surface area contributed by atoms with Gasteiger partial charge in [-0.1, -0.05) is 17.7 Å². The number of anilines is 1. The number of carbonyl (C=O) groups excluding carboxylic acids is 1. The third kappa shape index (κ3) is 5.28. The Morgan fingerprint density at radius 2 is 2.33 bits per heavy atom. The molecule has 2 rings (SSSR count). The van der Waals surface area contributed by atoms with Crippen molar-refractivity contribution < 1.29 is 14.6 Å². The first-order valence-corrected chi connectivity index (χ1v) is 7.48. The first-order chi connectivity index (χ1) is 10.1. The smallest absolute Gasteiger partial charge is 0.225 e. The molecule has 2 atom stereocenters. The van der Waals surface area contributed by atoms with Gasteiger partial charge in [-0.15, -0.1) is 0 Å². The third-order valence-corrected chi connectivity index (χ3v) is 3.60. The minimum Gasteiger partial charge on any atom is -0.394 e. The lowest BCUT2D eigenvalue weighted by Gasteiger charge is -2.35. The van der Waals surface area contributed by atoms with E-state index in [0.29, 0.717) is 30.2 Å². The Hall–Kier alpha value is -1.14. The second-order valence-corrected chi connectivity index (χ2v) is 5.76. The van der Waals surface area contributed by atoms with Crippen molar-refractivity contribution in [3.63, 3.8) is 0 Å². The molecule has 1 aromatic rings. The van der Waals surface area contributed by atoms with Crippen LogP contribution in [0.3, 0.4) is 0 Å². The summed E-state index contributed by atoms with van der Waals surface area (Å²) in [7, 11) is 0. The van der Waals surface area contributed by atoms with E-state index in [4.69, 9.17) is 16.3 Å². The zero-order valence-corrected chi connectivity index (χ0v) is 12.8. The van der Waals surface area contributed by atoms with Crippen molar-refractivity contribution in [2.75, 3.05) is 31.6 Å². The molecule has 0 bridgehead atoms. The Morgan fingerprint density at radius 3 is 3.05 bits per heavy atom. The lowest BCUT2D eigenvalue weighted by molar-refractivity contribution is -0.118. The molecule has 116 valence electrons. The van der Waals surface area contributed by atoms with Crippen LogP contribution in [0.4, 0.5) is 5.69 Å². The summed E-state index contributed by atoms with van der Waals surface area (Å²) in [6.07, 6.45) is 0.314. The minimum atomic E-state index is -0.162. The van der Waals surface area contributed by atoms with Gasteiger partial charge in [-0.05, 0) is 25.1 Å². The van der Waals surface area contributed by atoms with Crippen LogP contribution in [0.2, 0.25) is 5.02 Å². The Bertz CT molecular complexity index is 484. The maximum Gasteiger partial charge on any atom is 0.225 e. The van der Waals surface area contributed by atoms with Gasteiger partial charge in [0.05, 0.1) is 18.8 Å². The molecule has 0 spiro atoms. The van der Waals surface area contributed by atoms with E-state index >= 15 is 0 Å². The maximum absolute atomic E-state index is 11.9. The largest absolute Gasteiger partial charge is 0.394 e. The topological polar surface area (TPSA) is 61.8 Å². The van der Waals surface area contributed by atoms with E-state index in [2.05, 4.69) is 10.2 Å². The highest BCUT2D eigenvalue weighted by Gasteiger charge is 2.24. The number of aliphatic hydroxyl groups is 1. The molecule has 1 aliphatic heterocycles. The number of nitrogens with zero attached hydrogens (tertiary/aromatic N) is 1. The van der Waals surface area contributed by atoms with E-state index in [0.717, 1.165) is 6.54 Å². The highest BCUT2D eigenvalue weighted by molar-refractivity contribution is 6.30. The molecule has 1 fully saturated rings. The van der Waals surface area contributed by atoms with Gasteiger partial charge in [0.2, 0.25) is 5.91 Å². The van der Waals surface area contributed by atoms with Crippen molar-refractivity contribution in [2.24, 2.45) is 0 Å². The monoisotopic (exact) mass is 312 g/mol. The Kier molecular flexibility index (Phi) is 5.99. The summed E-state index contributed by atoms with van der Waals surface area (Å²) in [6.45, 7) is 4.07. The zero-order valence-electron chi connectivity index (χ0n) is 12.1. The number of halogens is 1. The van der Waals surface area contributed by atoms with Gasteiger partial charge in [-0.25, -0.2) is 0 Å². The van der Waals surface area contributed by atoms with E-state index < -0.39 is 0 Å². The molecule has 0 aromatic heterocycles. The van der Waals surface area contributed by atoms with Gasteiger partial charge in [0.1, 0.15) is 0 Å². The van der Waals surface area contributed by atoms with Crippen molar-refractivity contribution in [3.05, 3.63) is 29.3 Å². The van der Waals surface area contributed by atoms with Gasteiger partial charge in [0.15, 0.2) is 0 Å². The highest BCUT2D eigenvalue weighted by Crippen LogP contribution is 2.15. The minimum absolute atomic E-state index is 0.00948. The van der Waals surface area contributed by atoms with E-state index in [1.54, 1.807) is 18.2 Å². The molecule has 1 aliphatic rings. The molecule has 0 saturated carbocycles. The van der Waals surface area contributed by atoms with Crippen LogP contribution in [0, 0.1) is 0 Å². The molecule has 1 heterocycles. The Labute approximate surface area is 129 Å². The lowest BCUT2D eigenvalue weighted by Crippen LogP contribution is -2.48. The normalized spacial score (nSPS) is 23.0. The van der Waals surface area contributed by atoms with Crippen LogP contribution in [0.25, 0.3) is 0 Å². The number of morpholine rings is 1. The number of rotatable bonds is 5. The first kappa shape index (κ1) is 16.2. The quantitative estimate of drug-likeness (QED) is 0.869.